The minimum Gasteiger partial charge on any atom is -0.496 e. The molecule has 0 spiro atoms. The Balaban J connectivity index is 1.76. The van der Waals surface area contributed by atoms with Crippen molar-refractivity contribution >= 4 is 5.91 Å². The first-order valence-corrected chi connectivity index (χ1v) is 8.75. The molecule has 2 atom stereocenters. The van der Waals surface area contributed by atoms with Crippen LogP contribution in [0.5, 0.6) is 5.75 Å². The number of aromatic nitrogens is 3. The van der Waals surface area contributed by atoms with Crippen LogP contribution in [0.4, 0.5) is 0 Å². The number of carbonyl (C=O) groups excluding carboxylic acids is 1. The number of aromatic amines is 1. The fourth-order valence-corrected chi connectivity index (χ4v) is 3.77. The molecule has 8 nitrogen and oxygen atoms in total. The van der Waals surface area contributed by atoms with E-state index < -0.39 is 11.5 Å². The Morgan fingerprint density at radius 1 is 1.42 bits per heavy atom. The van der Waals surface area contributed by atoms with E-state index in [4.69, 9.17) is 4.74 Å². The molecule has 2 aromatic heterocycles. The molecule has 8 heteroatoms. The molecule has 0 aromatic carbocycles. The number of H-pyrrole nitrogens is 1. The van der Waals surface area contributed by atoms with Crippen LogP contribution in [0.2, 0.25) is 0 Å². The average Bonchev–Trinajstić information content (AvgIpc) is 3.05. The lowest BCUT2D eigenvalue weighted by Gasteiger charge is -2.39. The van der Waals surface area contributed by atoms with Crippen LogP contribution in [0, 0.1) is 5.92 Å². The first-order valence-electron chi connectivity index (χ1n) is 8.75. The van der Waals surface area contributed by atoms with Crippen LogP contribution in [0.15, 0.2) is 29.3 Å². The predicted octanol–water partition coefficient (Wildman–Crippen LogP) is 0.930. The molecular formula is C18H25N5O3. The number of aryl methyl sites for hydroxylation is 1. The van der Waals surface area contributed by atoms with Gasteiger partial charge in [-0.25, -0.2) is 0 Å². The Morgan fingerprint density at radius 2 is 2.23 bits per heavy atom. The number of nitrogens with one attached hydrogen (secondary N) is 2. The molecule has 140 valence electrons. The van der Waals surface area contributed by atoms with E-state index in [1.54, 1.807) is 12.3 Å². The number of carbonyl (C=O) groups is 1. The number of piperidine rings is 1. The van der Waals surface area contributed by atoms with E-state index in [1.807, 2.05) is 17.8 Å². The van der Waals surface area contributed by atoms with E-state index in [0.717, 1.165) is 25.1 Å². The Kier molecular flexibility index (Phi) is 5.41. The molecular weight excluding hydrogens is 334 g/mol. The normalized spacial score (nSPS) is 20.7. The Morgan fingerprint density at radius 3 is 2.92 bits per heavy atom. The summed E-state index contributed by atoms with van der Waals surface area (Å²) in [6.45, 7) is 1.49. The van der Waals surface area contributed by atoms with E-state index in [9.17, 15) is 9.59 Å². The fourth-order valence-electron chi connectivity index (χ4n) is 3.77. The summed E-state index contributed by atoms with van der Waals surface area (Å²) in [5, 5.41) is 7.20. The number of ether oxygens (including phenoxy) is 1. The SMILES string of the molecule is COc1cc[nH]c(=O)c1C(=O)NC[C@@H]1CCCN(C)[C@H]1c1ccnn1C. The third kappa shape index (κ3) is 3.50. The molecule has 2 N–H and O–H groups in total. The maximum atomic E-state index is 12.6. The minimum absolute atomic E-state index is 0.0104. The number of pyridine rings is 1. The molecule has 26 heavy (non-hydrogen) atoms. The first-order chi connectivity index (χ1) is 12.5. The van der Waals surface area contributed by atoms with Gasteiger partial charge in [-0.1, -0.05) is 0 Å². The van der Waals surface area contributed by atoms with Crippen LogP contribution in [0.25, 0.3) is 0 Å². The second-order valence-corrected chi connectivity index (χ2v) is 6.67. The lowest BCUT2D eigenvalue weighted by atomic mass is 9.87. The van der Waals surface area contributed by atoms with E-state index >= 15 is 0 Å². The zero-order valence-electron chi connectivity index (χ0n) is 15.4. The highest BCUT2D eigenvalue weighted by Crippen LogP contribution is 2.34. The van der Waals surface area contributed by atoms with Crippen LogP contribution in [-0.2, 0) is 7.05 Å². The second-order valence-electron chi connectivity index (χ2n) is 6.67. The molecule has 0 radical (unpaired) electrons. The van der Waals surface area contributed by atoms with Gasteiger partial charge in [0.05, 0.1) is 18.8 Å². The molecule has 1 amide bonds. The van der Waals surface area contributed by atoms with E-state index in [1.165, 1.54) is 13.3 Å². The quantitative estimate of drug-likeness (QED) is 0.829. The summed E-state index contributed by atoms with van der Waals surface area (Å²) in [5.41, 5.74) is 0.684. The number of nitrogens with zero attached hydrogens (tertiary/aromatic N) is 3. The molecule has 1 fully saturated rings. The summed E-state index contributed by atoms with van der Waals surface area (Å²) in [6.07, 6.45) is 5.33. The number of likely N-dealkylation sites (tertiary alicyclic amines) is 1. The zero-order valence-corrected chi connectivity index (χ0v) is 15.4. The molecule has 0 aliphatic carbocycles. The maximum Gasteiger partial charge on any atom is 0.264 e. The third-order valence-corrected chi connectivity index (χ3v) is 5.06. The number of hydrogen-bond acceptors (Lipinski definition) is 5. The van der Waals surface area contributed by atoms with Crippen LogP contribution >= 0.6 is 0 Å². The molecule has 0 unspecified atom stereocenters. The molecule has 1 saturated heterocycles. The van der Waals surface area contributed by atoms with Gasteiger partial charge < -0.3 is 15.0 Å². The van der Waals surface area contributed by atoms with Crippen LogP contribution in [0.3, 0.4) is 0 Å². The summed E-state index contributed by atoms with van der Waals surface area (Å²) in [5.74, 6) is 0.0952. The second kappa shape index (κ2) is 7.74. The Bertz CT molecular complexity index is 828. The number of amides is 1. The van der Waals surface area contributed by atoms with Crippen LogP contribution < -0.4 is 15.6 Å². The van der Waals surface area contributed by atoms with Crippen molar-refractivity contribution in [3.8, 4) is 5.75 Å². The van der Waals surface area contributed by atoms with Gasteiger partial charge in [0.1, 0.15) is 11.3 Å². The average molecular weight is 359 g/mol. The summed E-state index contributed by atoms with van der Waals surface area (Å²) in [7, 11) is 5.47. The number of hydrogen-bond donors (Lipinski definition) is 2. The van der Waals surface area contributed by atoms with Crippen molar-refractivity contribution in [2.24, 2.45) is 13.0 Å². The lowest BCUT2D eigenvalue weighted by molar-refractivity contribution is 0.0876. The maximum absolute atomic E-state index is 12.6. The van der Waals surface area contributed by atoms with Gasteiger partial charge >= 0.3 is 0 Å². The van der Waals surface area contributed by atoms with Crippen molar-refractivity contribution < 1.29 is 9.53 Å². The van der Waals surface area contributed by atoms with Crippen molar-refractivity contribution in [3.63, 3.8) is 0 Å². The zero-order chi connectivity index (χ0) is 18.7. The van der Waals surface area contributed by atoms with Crippen molar-refractivity contribution in [3.05, 3.63) is 46.1 Å². The first kappa shape index (κ1) is 18.2. The van der Waals surface area contributed by atoms with Crippen LogP contribution in [0.1, 0.15) is 34.9 Å². The molecule has 1 aliphatic rings. The van der Waals surface area contributed by atoms with Crippen molar-refractivity contribution in [1.29, 1.82) is 0 Å². The fraction of sp³-hybridized carbons (Fsp3) is 0.500. The number of rotatable bonds is 5. The molecule has 0 saturated carbocycles. The predicted molar refractivity (Wildman–Crippen MR) is 97.3 cm³/mol. The highest BCUT2D eigenvalue weighted by Gasteiger charge is 2.32. The molecule has 0 bridgehead atoms. The van der Waals surface area contributed by atoms with Crippen molar-refractivity contribution in [2.45, 2.75) is 18.9 Å². The third-order valence-electron chi connectivity index (χ3n) is 5.06. The van der Waals surface area contributed by atoms with Gasteiger partial charge in [-0.05, 0) is 44.5 Å². The monoisotopic (exact) mass is 359 g/mol. The van der Waals surface area contributed by atoms with Crippen molar-refractivity contribution in [1.82, 2.24) is 25.0 Å². The van der Waals surface area contributed by atoms with Gasteiger partial charge in [0.25, 0.3) is 11.5 Å². The van der Waals surface area contributed by atoms with Gasteiger partial charge in [-0.3, -0.25) is 19.2 Å². The smallest absolute Gasteiger partial charge is 0.264 e. The largest absolute Gasteiger partial charge is 0.496 e. The minimum atomic E-state index is -0.453. The highest BCUT2D eigenvalue weighted by atomic mass is 16.5. The molecule has 3 heterocycles. The van der Waals surface area contributed by atoms with Crippen LogP contribution in [-0.4, -0.2) is 52.8 Å². The van der Waals surface area contributed by atoms with Gasteiger partial charge in [0.2, 0.25) is 0 Å². The Labute approximate surface area is 152 Å². The lowest BCUT2D eigenvalue weighted by Crippen LogP contribution is -2.43. The van der Waals surface area contributed by atoms with Gasteiger partial charge in [-0.2, -0.15) is 5.10 Å². The Hall–Kier alpha value is -2.61. The summed E-state index contributed by atoms with van der Waals surface area (Å²) in [4.78, 5) is 29.4. The van der Waals surface area contributed by atoms with E-state index in [2.05, 4.69) is 27.3 Å². The standard InChI is InChI=1S/C18H25N5O3/c1-22-10-4-5-12(16(22)13-6-9-21-23(13)2)11-20-18(25)15-14(26-3)7-8-19-17(15)24/h6-9,12,16H,4-5,10-11H2,1-3H3,(H,19,24)(H,20,25)/t12-,16+/m0/s1. The van der Waals surface area contributed by atoms with Gasteiger partial charge in [0, 0.05) is 26.0 Å². The number of methoxy groups -OCH3 is 1. The van der Waals surface area contributed by atoms with E-state index in [-0.39, 0.29) is 23.3 Å². The topological polar surface area (TPSA) is 92.2 Å². The molecule has 2 aromatic rings. The molecule has 1 aliphatic heterocycles. The van der Waals surface area contributed by atoms with E-state index in [0.29, 0.717) is 6.54 Å². The molecule has 3 rings (SSSR count). The summed E-state index contributed by atoms with van der Waals surface area (Å²) < 4.78 is 7.03. The summed E-state index contributed by atoms with van der Waals surface area (Å²) in [6, 6.07) is 3.77. The van der Waals surface area contributed by atoms with Gasteiger partial charge in [-0.15, -0.1) is 0 Å². The highest BCUT2D eigenvalue weighted by molar-refractivity contribution is 5.96. The summed E-state index contributed by atoms with van der Waals surface area (Å²) >= 11 is 0. The van der Waals surface area contributed by atoms with Crippen molar-refractivity contribution in [2.75, 3.05) is 27.2 Å². The van der Waals surface area contributed by atoms with Gasteiger partial charge in [0.15, 0.2) is 0 Å².